The van der Waals surface area contributed by atoms with Crippen LogP contribution in [-0.4, -0.2) is 21.1 Å². The van der Waals surface area contributed by atoms with Crippen LogP contribution in [0.3, 0.4) is 0 Å². The van der Waals surface area contributed by atoms with E-state index in [4.69, 9.17) is 11.6 Å². The molecule has 3 aromatic rings. The summed E-state index contributed by atoms with van der Waals surface area (Å²) >= 11 is 8.83. The zero-order chi connectivity index (χ0) is 19.6. The first-order valence-electron chi connectivity index (χ1n) is 8.48. The third kappa shape index (κ3) is 4.72. The average Bonchev–Trinajstić information content (AvgIpc) is 2.93. The van der Waals surface area contributed by atoms with Crippen LogP contribution < -0.4 is 10.9 Å². The van der Waals surface area contributed by atoms with Gasteiger partial charge in [0.2, 0.25) is 5.91 Å². The molecule has 0 radical (unpaired) electrons. The number of nitrogens with zero attached hydrogens (tertiary/aromatic N) is 1. The van der Waals surface area contributed by atoms with Gasteiger partial charge in [0.1, 0.15) is 10.7 Å². The first-order valence-corrected chi connectivity index (χ1v) is 10.7. The molecular formula is C19H20ClN3O2S2. The van der Waals surface area contributed by atoms with E-state index in [1.54, 1.807) is 12.1 Å². The largest absolute Gasteiger partial charge is 0.351 e. The van der Waals surface area contributed by atoms with Crippen LogP contribution in [0.5, 0.6) is 0 Å². The number of amides is 1. The molecule has 1 unspecified atom stereocenters. The third-order valence-electron chi connectivity index (χ3n) is 4.31. The molecule has 1 atom stereocenters. The lowest BCUT2D eigenvalue weighted by Crippen LogP contribution is -2.30. The molecule has 3 rings (SSSR count). The number of aryl methyl sites for hydroxylation is 2. The number of aromatic amines is 1. The molecule has 5 nitrogen and oxygen atoms in total. The maximum absolute atomic E-state index is 12.3. The van der Waals surface area contributed by atoms with Crippen LogP contribution in [0.1, 0.15) is 28.8 Å². The fraction of sp³-hybridized carbons (Fsp3) is 0.316. The van der Waals surface area contributed by atoms with Gasteiger partial charge in [-0.15, -0.1) is 23.1 Å². The molecule has 0 aliphatic rings. The minimum Gasteiger partial charge on any atom is -0.351 e. The maximum atomic E-state index is 12.3. The van der Waals surface area contributed by atoms with Gasteiger partial charge in [-0.2, -0.15) is 0 Å². The van der Waals surface area contributed by atoms with E-state index in [1.807, 2.05) is 32.9 Å². The summed E-state index contributed by atoms with van der Waals surface area (Å²) in [6, 6.07) is 7.37. The smallest absolute Gasteiger partial charge is 0.259 e. The monoisotopic (exact) mass is 421 g/mol. The van der Waals surface area contributed by atoms with Gasteiger partial charge in [0.15, 0.2) is 0 Å². The predicted molar refractivity (Wildman–Crippen MR) is 114 cm³/mol. The molecule has 0 aliphatic carbocycles. The quantitative estimate of drug-likeness (QED) is 0.625. The SMILES string of the molecule is Cc1sc2nc(CSC(C)C(=O)NCc3ccc(Cl)cc3)[nH]c(=O)c2c1C. The molecule has 8 heteroatoms. The van der Waals surface area contributed by atoms with Crippen LogP contribution in [-0.2, 0) is 17.1 Å². The van der Waals surface area contributed by atoms with Crippen molar-refractivity contribution in [2.75, 3.05) is 0 Å². The van der Waals surface area contributed by atoms with Crippen molar-refractivity contribution in [2.24, 2.45) is 0 Å². The Bertz CT molecular complexity index is 1030. The summed E-state index contributed by atoms with van der Waals surface area (Å²) in [4.78, 5) is 33.8. The topological polar surface area (TPSA) is 74.8 Å². The third-order valence-corrected chi connectivity index (χ3v) is 6.81. The van der Waals surface area contributed by atoms with Crippen molar-refractivity contribution in [1.82, 2.24) is 15.3 Å². The van der Waals surface area contributed by atoms with Crippen LogP contribution in [0.4, 0.5) is 0 Å². The number of H-pyrrole nitrogens is 1. The Hall–Kier alpha value is -1.83. The zero-order valence-corrected chi connectivity index (χ0v) is 17.6. The molecule has 2 N–H and O–H groups in total. The summed E-state index contributed by atoms with van der Waals surface area (Å²) in [7, 11) is 0. The van der Waals surface area contributed by atoms with Gasteiger partial charge in [0, 0.05) is 16.4 Å². The highest BCUT2D eigenvalue weighted by molar-refractivity contribution is 7.99. The first kappa shape index (κ1) is 19.9. The lowest BCUT2D eigenvalue weighted by Gasteiger charge is -2.12. The number of nitrogens with one attached hydrogen (secondary N) is 2. The first-order chi connectivity index (χ1) is 12.8. The van der Waals surface area contributed by atoms with Crippen LogP contribution >= 0.6 is 34.7 Å². The highest BCUT2D eigenvalue weighted by Crippen LogP contribution is 2.26. The number of aromatic nitrogens is 2. The van der Waals surface area contributed by atoms with Crippen molar-refractivity contribution in [3.8, 4) is 0 Å². The minimum absolute atomic E-state index is 0.0545. The number of thiophene rings is 1. The number of hydrogen-bond donors (Lipinski definition) is 2. The summed E-state index contributed by atoms with van der Waals surface area (Å²) in [6.07, 6.45) is 0. The molecule has 0 bridgehead atoms. The normalized spacial score (nSPS) is 12.3. The van der Waals surface area contributed by atoms with E-state index in [9.17, 15) is 9.59 Å². The Kier molecular flexibility index (Phi) is 6.24. The zero-order valence-electron chi connectivity index (χ0n) is 15.3. The van der Waals surface area contributed by atoms with Gasteiger partial charge in [-0.1, -0.05) is 23.7 Å². The summed E-state index contributed by atoms with van der Waals surface area (Å²) in [5, 5.41) is 3.99. The second kappa shape index (κ2) is 8.46. The molecule has 1 amide bonds. The van der Waals surface area contributed by atoms with E-state index in [2.05, 4.69) is 15.3 Å². The van der Waals surface area contributed by atoms with Crippen LogP contribution in [0.2, 0.25) is 5.02 Å². The molecule has 2 aromatic heterocycles. The number of carbonyl (C=O) groups is 1. The number of halogens is 1. The van der Waals surface area contributed by atoms with E-state index < -0.39 is 0 Å². The van der Waals surface area contributed by atoms with E-state index in [-0.39, 0.29) is 16.7 Å². The van der Waals surface area contributed by atoms with Gasteiger partial charge in [0.25, 0.3) is 5.56 Å². The van der Waals surface area contributed by atoms with Crippen molar-refractivity contribution >= 4 is 50.8 Å². The summed E-state index contributed by atoms with van der Waals surface area (Å²) in [5.41, 5.74) is 1.86. The second-order valence-electron chi connectivity index (χ2n) is 6.27. The minimum atomic E-state index is -0.259. The van der Waals surface area contributed by atoms with Crippen LogP contribution in [0.15, 0.2) is 29.1 Å². The number of hydrogen-bond acceptors (Lipinski definition) is 5. The molecule has 0 fully saturated rings. The van der Waals surface area contributed by atoms with Gasteiger partial charge in [-0.3, -0.25) is 9.59 Å². The Balaban J connectivity index is 1.59. The maximum Gasteiger partial charge on any atom is 0.259 e. The Labute approximate surface area is 170 Å². The molecule has 2 heterocycles. The predicted octanol–water partition coefficient (Wildman–Crippen LogP) is 4.19. The number of thioether (sulfide) groups is 1. The van der Waals surface area contributed by atoms with Crippen molar-refractivity contribution < 1.29 is 4.79 Å². The molecular weight excluding hydrogens is 402 g/mol. The summed E-state index contributed by atoms with van der Waals surface area (Å²) < 4.78 is 0. The second-order valence-corrected chi connectivity index (χ2v) is 9.24. The molecule has 0 aliphatic heterocycles. The standard InChI is InChI=1S/C19H20ClN3O2S2/c1-10-11(2)27-19-16(10)18(25)22-15(23-19)9-26-12(3)17(24)21-8-13-4-6-14(20)7-5-13/h4-7,12H,8-9H2,1-3H3,(H,21,24)(H,22,23,25). The van der Waals surface area contributed by atoms with Gasteiger partial charge in [0.05, 0.1) is 16.4 Å². The molecule has 1 aromatic carbocycles. The van der Waals surface area contributed by atoms with Crippen molar-refractivity contribution in [3.05, 3.63) is 61.5 Å². The fourth-order valence-electron chi connectivity index (χ4n) is 2.58. The molecule has 27 heavy (non-hydrogen) atoms. The van der Waals surface area contributed by atoms with Crippen LogP contribution in [0.25, 0.3) is 10.2 Å². The van der Waals surface area contributed by atoms with Gasteiger partial charge < -0.3 is 10.3 Å². The number of fused-ring (bicyclic) bond motifs is 1. The molecule has 0 spiro atoms. The van der Waals surface area contributed by atoms with Crippen molar-refractivity contribution in [2.45, 2.75) is 38.3 Å². The van der Waals surface area contributed by atoms with E-state index >= 15 is 0 Å². The number of rotatable bonds is 6. The molecule has 0 saturated carbocycles. The number of carbonyl (C=O) groups excluding carboxylic acids is 1. The average molecular weight is 422 g/mol. The fourth-order valence-corrected chi connectivity index (χ4v) is 4.54. The van der Waals surface area contributed by atoms with Crippen molar-refractivity contribution in [3.63, 3.8) is 0 Å². The molecule has 0 saturated heterocycles. The highest BCUT2D eigenvalue weighted by Gasteiger charge is 2.16. The highest BCUT2D eigenvalue weighted by atomic mass is 35.5. The van der Waals surface area contributed by atoms with E-state index in [0.29, 0.717) is 28.5 Å². The lowest BCUT2D eigenvalue weighted by atomic mass is 10.2. The van der Waals surface area contributed by atoms with Gasteiger partial charge in [-0.25, -0.2) is 4.98 Å². The lowest BCUT2D eigenvalue weighted by molar-refractivity contribution is -0.120. The Morgan fingerprint density at radius 3 is 2.74 bits per heavy atom. The van der Waals surface area contributed by atoms with Crippen LogP contribution in [0, 0.1) is 13.8 Å². The van der Waals surface area contributed by atoms with Gasteiger partial charge in [-0.05, 0) is 44.0 Å². The van der Waals surface area contributed by atoms with Crippen molar-refractivity contribution in [1.29, 1.82) is 0 Å². The Morgan fingerprint density at radius 2 is 2.04 bits per heavy atom. The number of benzene rings is 1. The van der Waals surface area contributed by atoms with E-state index in [0.717, 1.165) is 20.8 Å². The summed E-state index contributed by atoms with van der Waals surface area (Å²) in [5.74, 6) is 1.01. The van der Waals surface area contributed by atoms with E-state index in [1.165, 1.54) is 23.1 Å². The molecule has 142 valence electrons. The Morgan fingerprint density at radius 1 is 1.33 bits per heavy atom. The summed E-state index contributed by atoms with van der Waals surface area (Å²) in [6.45, 7) is 6.23. The van der Waals surface area contributed by atoms with Gasteiger partial charge >= 0.3 is 0 Å².